The molecular weight excluding hydrogens is 1400 g/mol. The smallest absolute Gasteiger partial charge is 0.215 e. The van der Waals surface area contributed by atoms with Crippen LogP contribution in [0.3, 0.4) is 0 Å². The fourth-order valence-corrected chi connectivity index (χ4v) is 9.24. The van der Waals surface area contributed by atoms with E-state index in [2.05, 4.69) is 0 Å². The third kappa shape index (κ3) is 13.1. The van der Waals surface area contributed by atoms with Crippen LogP contribution < -0.4 is 47.4 Å². The fourth-order valence-electron chi connectivity index (χ4n) is 9.24. The molecule has 11 aromatic rings. The Morgan fingerprint density at radius 2 is 0.317 bits per heavy atom. The highest BCUT2D eigenvalue weighted by Crippen LogP contribution is 2.61. The van der Waals surface area contributed by atoms with Gasteiger partial charge in [0.05, 0.1) is 0 Å². The molecule has 0 spiro atoms. The Morgan fingerprint density at radius 1 is 0.135 bits per heavy atom. The highest BCUT2D eigenvalue weighted by Gasteiger charge is 2.32. The van der Waals surface area contributed by atoms with Crippen LogP contribution >= 0.6 is 0 Å². The standard InChI is InChI=1S/C66H46O38/c67-19-3-31(74)58(32(75)4-19)96-21-7-35(78)60(36(79)8-21)102-45-17-29(72)50(87)56(93)65(45)99-24-13-39(82)62(40(83)14-24)104-46-18-30(73)51(88)57(94)66(46)101-42-2-1-41(52(89)53(42)90)100-43-15-27(70)48(85)54(91)63(43)97-23-11-37(80)61(38(81)12-23)103-44-16-28(71)49(86)55(92)64(44)98-22-9-33(76)59(34(77)10-22)95-20-5-25(68)47(84)26(69)6-20/h1-18,67-94H. The normalized spacial score (nSPS) is 11.0. The van der Waals surface area contributed by atoms with Gasteiger partial charge in [0.1, 0.15) is 34.5 Å². The van der Waals surface area contributed by atoms with E-state index in [1.165, 1.54) is 0 Å². The van der Waals surface area contributed by atoms with Gasteiger partial charge in [0.15, 0.2) is 126 Å². The first-order valence-corrected chi connectivity index (χ1v) is 28.2. The molecule has 0 aromatic heterocycles. The Labute approximate surface area is 573 Å². The number of phenols is 28. The van der Waals surface area contributed by atoms with Crippen molar-refractivity contribution in [2.24, 2.45) is 0 Å². The summed E-state index contributed by atoms with van der Waals surface area (Å²) in [5.74, 6) is -46.4. The molecule has 0 unspecified atom stereocenters. The molecule has 0 heterocycles. The zero-order valence-electron chi connectivity index (χ0n) is 51.0. The third-order valence-electron chi connectivity index (χ3n) is 14.1. The quantitative estimate of drug-likeness (QED) is 0.0315. The summed E-state index contributed by atoms with van der Waals surface area (Å²) in [5, 5.41) is 297. The van der Waals surface area contributed by atoms with Gasteiger partial charge in [-0.25, -0.2) is 0 Å². The summed E-state index contributed by atoms with van der Waals surface area (Å²) in [5.41, 5.74) is 0. The van der Waals surface area contributed by atoms with Crippen LogP contribution in [0.25, 0.3) is 0 Å². The predicted molar refractivity (Wildman–Crippen MR) is 338 cm³/mol. The Hall–Kier alpha value is -16.2. The largest absolute Gasteiger partial charge is 0.508 e. The lowest BCUT2D eigenvalue weighted by Gasteiger charge is -2.19. The van der Waals surface area contributed by atoms with Crippen LogP contribution in [-0.2, 0) is 0 Å². The van der Waals surface area contributed by atoms with E-state index in [4.69, 9.17) is 47.4 Å². The summed E-state index contributed by atoms with van der Waals surface area (Å²) in [7, 11) is 0. The summed E-state index contributed by atoms with van der Waals surface area (Å²) in [4.78, 5) is 0. The second kappa shape index (κ2) is 26.3. The number of ether oxygens (including phenoxy) is 10. The molecule has 38 heteroatoms. The fraction of sp³-hybridized carbons (Fsp3) is 0. The Morgan fingerprint density at radius 3 is 0.587 bits per heavy atom. The maximum atomic E-state index is 11.3. The van der Waals surface area contributed by atoms with Crippen LogP contribution in [-0.4, -0.2) is 143 Å². The molecule has 0 amide bonds. The van der Waals surface area contributed by atoms with Crippen molar-refractivity contribution in [3.63, 3.8) is 0 Å². The lowest BCUT2D eigenvalue weighted by atomic mass is 10.2. The zero-order chi connectivity index (χ0) is 75.5. The number of benzene rings is 11. The van der Waals surface area contributed by atoms with Crippen LogP contribution in [0.15, 0.2) is 109 Å². The average molecular weight is 1450 g/mol. The maximum Gasteiger partial charge on any atom is 0.215 e. The van der Waals surface area contributed by atoms with Crippen LogP contribution in [0, 0.1) is 0 Å². The van der Waals surface area contributed by atoms with Crippen molar-refractivity contribution in [2.45, 2.75) is 0 Å². The monoisotopic (exact) mass is 1450 g/mol. The molecule has 538 valence electrons. The summed E-state index contributed by atoms with van der Waals surface area (Å²) >= 11 is 0. The van der Waals surface area contributed by atoms with Gasteiger partial charge in [-0.3, -0.25) is 0 Å². The van der Waals surface area contributed by atoms with Crippen LogP contribution in [0.1, 0.15) is 0 Å². The highest BCUT2D eigenvalue weighted by molar-refractivity contribution is 5.74. The lowest BCUT2D eigenvalue weighted by molar-refractivity contribution is 0.312. The molecule has 0 aliphatic rings. The Balaban J connectivity index is 0.819. The molecule has 0 atom stereocenters. The molecule has 28 N–H and O–H groups in total. The first kappa shape index (κ1) is 69.2. The zero-order valence-corrected chi connectivity index (χ0v) is 51.0. The summed E-state index contributed by atoms with van der Waals surface area (Å²) in [6.07, 6.45) is 0. The Bertz CT molecular complexity index is 5200. The highest BCUT2D eigenvalue weighted by atomic mass is 16.6. The molecular formula is C66H46O38. The summed E-state index contributed by atoms with van der Waals surface area (Å²) in [6, 6.07) is 12.7. The molecule has 0 aliphatic carbocycles. The first-order chi connectivity index (χ1) is 49.0. The molecule has 0 radical (unpaired) electrons. The van der Waals surface area contributed by atoms with Crippen molar-refractivity contribution < 1.29 is 190 Å². The van der Waals surface area contributed by atoms with Crippen LogP contribution in [0.4, 0.5) is 0 Å². The average Bonchev–Trinajstić information content (AvgIpc) is 0.785. The van der Waals surface area contributed by atoms with Gasteiger partial charge in [0.2, 0.25) is 115 Å². The summed E-state index contributed by atoms with van der Waals surface area (Å²) < 4.78 is 55.3. The van der Waals surface area contributed by atoms with Crippen molar-refractivity contribution in [1.82, 2.24) is 0 Å². The van der Waals surface area contributed by atoms with Gasteiger partial charge in [-0.05, 0) is 12.1 Å². The van der Waals surface area contributed by atoms with E-state index >= 15 is 0 Å². The van der Waals surface area contributed by atoms with Gasteiger partial charge in [-0.1, -0.05) is 0 Å². The van der Waals surface area contributed by atoms with Crippen LogP contribution in [0.2, 0.25) is 0 Å². The van der Waals surface area contributed by atoms with Crippen molar-refractivity contribution in [2.75, 3.05) is 0 Å². The topological polar surface area (TPSA) is 659 Å². The number of aromatic hydroxyl groups is 28. The van der Waals surface area contributed by atoms with Gasteiger partial charge in [-0.2, -0.15) is 0 Å². The molecule has 11 rings (SSSR count). The number of phenolic OH excluding ortho intramolecular Hbond substituents is 28. The number of hydrogen-bond donors (Lipinski definition) is 28. The van der Waals surface area contributed by atoms with E-state index in [9.17, 15) is 143 Å². The molecule has 11 aromatic carbocycles. The Kier molecular flexibility index (Phi) is 17.5. The molecule has 0 bridgehead atoms. The number of rotatable bonds is 20. The van der Waals surface area contributed by atoms with E-state index in [0.717, 1.165) is 60.7 Å². The molecule has 38 nitrogen and oxygen atoms in total. The minimum atomic E-state index is -1.38. The van der Waals surface area contributed by atoms with Crippen LogP contribution in [0.5, 0.6) is 276 Å². The second-order valence-corrected chi connectivity index (χ2v) is 21.2. The van der Waals surface area contributed by atoms with E-state index in [-0.39, 0.29) is 0 Å². The van der Waals surface area contributed by atoms with E-state index in [1.807, 2.05) is 0 Å². The maximum absolute atomic E-state index is 11.3. The van der Waals surface area contributed by atoms with Gasteiger partial charge >= 0.3 is 0 Å². The van der Waals surface area contributed by atoms with Gasteiger partial charge < -0.3 is 190 Å². The predicted octanol–water partition coefficient (Wildman–Crippen LogP) is 11.4. The number of hydrogen-bond acceptors (Lipinski definition) is 38. The SMILES string of the molecule is Oc1cc(O)c(Oc2cc(O)c(Oc3cc(O)c(O)c(O)c3Oc3cc(O)c(Oc4cc(O)c(O)c(O)c4Oc4ccc(Oc5cc(O)c(O)c(O)c5Oc5cc(O)c(Oc6cc(O)c(O)c(O)c6Oc6cc(O)c(Oc7cc(O)c(O)c(O)c7)c(O)c6)c(O)c5)c(O)c4O)c(O)c3)c(O)c2)c(O)c1. The van der Waals surface area contributed by atoms with Crippen molar-refractivity contribution in [1.29, 1.82) is 0 Å². The van der Waals surface area contributed by atoms with Crippen molar-refractivity contribution >= 4 is 0 Å². The molecule has 0 aliphatic heterocycles. The molecule has 0 saturated heterocycles. The molecule has 0 fully saturated rings. The second-order valence-electron chi connectivity index (χ2n) is 21.2. The molecule has 104 heavy (non-hydrogen) atoms. The summed E-state index contributed by atoms with van der Waals surface area (Å²) in [6.45, 7) is 0. The third-order valence-corrected chi connectivity index (χ3v) is 14.1. The van der Waals surface area contributed by atoms with E-state index in [0.29, 0.717) is 48.5 Å². The van der Waals surface area contributed by atoms with Gasteiger partial charge in [0, 0.05) is 97.1 Å². The minimum Gasteiger partial charge on any atom is -0.508 e. The van der Waals surface area contributed by atoms with E-state index < -0.39 is 276 Å². The van der Waals surface area contributed by atoms with Crippen molar-refractivity contribution in [3.05, 3.63) is 109 Å². The van der Waals surface area contributed by atoms with E-state index in [1.54, 1.807) is 0 Å². The minimum absolute atomic E-state index is 0.407. The first-order valence-electron chi connectivity index (χ1n) is 28.2. The lowest BCUT2D eigenvalue weighted by Crippen LogP contribution is -1.96. The van der Waals surface area contributed by atoms with Gasteiger partial charge in [0.25, 0.3) is 0 Å². The van der Waals surface area contributed by atoms with Crippen molar-refractivity contribution in [3.8, 4) is 276 Å². The van der Waals surface area contributed by atoms with Gasteiger partial charge in [-0.15, -0.1) is 0 Å². The molecule has 0 saturated carbocycles.